The Bertz CT molecular complexity index is 584. The molecule has 2 aromatic rings. The molecular weight excluding hydrogens is 310 g/mol. The van der Waals surface area contributed by atoms with Crippen LogP contribution in [0.15, 0.2) is 36.4 Å². The lowest BCUT2D eigenvalue weighted by molar-refractivity contribution is -0.115. The summed E-state index contributed by atoms with van der Waals surface area (Å²) in [4.78, 5) is 22.6. The lowest BCUT2D eigenvalue weighted by Crippen LogP contribution is -2.14. The number of hydrogen-bond donors (Lipinski definition) is 1. The summed E-state index contributed by atoms with van der Waals surface area (Å²) in [6.07, 6.45) is 0.954. The molecule has 1 heterocycles. The van der Waals surface area contributed by atoms with Crippen molar-refractivity contribution >= 4 is 40.1 Å². The molecule has 0 radical (unpaired) electrons. The predicted octanol–water partition coefficient (Wildman–Crippen LogP) is 3.66. The molecule has 0 bridgehead atoms. The van der Waals surface area contributed by atoms with Crippen LogP contribution in [0.4, 0.5) is 5.00 Å². The van der Waals surface area contributed by atoms with Crippen LogP contribution < -0.4 is 5.32 Å². The van der Waals surface area contributed by atoms with Gasteiger partial charge in [-0.1, -0.05) is 41.9 Å². The van der Waals surface area contributed by atoms with Crippen molar-refractivity contribution in [3.8, 4) is 0 Å². The van der Waals surface area contributed by atoms with Crippen molar-refractivity contribution in [1.82, 2.24) is 0 Å². The first kappa shape index (κ1) is 17.4. The maximum absolute atomic E-state index is 11.8. The summed E-state index contributed by atoms with van der Waals surface area (Å²) in [5.41, 5.74) is 1.33. The van der Waals surface area contributed by atoms with E-state index in [9.17, 15) is 9.59 Å². The van der Waals surface area contributed by atoms with Gasteiger partial charge in [0.15, 0.2) is 6.29 Å². The predicted molar refractivity (Wildman–Crippen MR) is 86.4 cm³/mol. The molecule has 0 saturated carbocycles. The Labute approximate surface area is 132 Å². The van der Waals surface area contributed by atoms with E-state index < -0.39 is 0 Å². The topological polar surface area (TPSA) is 55.4 Å². The van der Waals surface area contributed by atoms with Crippen LogP contribution in [-0.4, -0.2) is 26.4 Å². The van der Waals surface area contributed by atoms with Gasteiger partial charge in [-0.05, 0) is 11.6 Å². The molecule has 6 heteroatoms. The zero-order valence-corrected chi connectivity index (χ0v) is 13.3. The van der Waals surface area contributed by atoms with Crippen LogP contribution in [0, 0.1) is 0 Å². The van der Waals surface area contributed by atoms with Gasteiger partial charge in [-0.3, -0.25) is 9.59 Å². The second-order valence-corrected chi connectivity index (χ2v) is 5.76. The Morgan fingerprint density at radius 1 is 1.33 bits per heavy atom. The third-order valence-electron chi connectivity index (χ3n) is 2.32. The average Bonchev–Trinajstić information content (AvgIpc) is 2.80. The monoisotopic (exact) mass is 325 g/mol. The number of rotatable bonds is 4. The van der Waals surface area contributed by atoms with Gasteiger partial charge in [0.1, 0.15) is 5.00 Å². The van der Waals surface area contributed by atoms with Crippen LogP contribution in [0.2, 0.25) is 4.34 Å². The van der Waals surface area contributed by atoms with Crippen LogP contribution in [0.3, 0.4) is 0 Å². The number of carbonyl (C=O) groups is 2. The quantitative estimate of drug-likeness (QED) is 0.873. The van der Waals surface area contributed by atoms with E-state index in [2.05, 4.69) is 10.1 Å². The smallest absolute Gasteiger partial charge is 0.229 e. The number of benzene rings is 1. The molecule has 0 unspecified atom stereocenters. The Balaban J connectivity index is 0.000000677. The molecule has 0 spiro atoms. The van der Waals surface area contributed by atoms with E-state index in [4.69, 9.17) is 11.6 Å². The highest BCUT2D eigenvalue weighted by molar-refractivity contribution is 7.20. The number of carbonyl (C=O) groups excluding carboxylic acids is 2. The van der Waals surface area contributed by atoms with E-state index >= 15 is 0 Å². The van der Waals surface area contributed by atoms with E-state index in [0.717, 1.165) is 5.56 Å². The normalized spacial score (nSPS) is 9.48. The minimum Gasteiger partial charge on any atom is -0.388 e. The molecule has 0 saturated heterocycles. The van der Waals surface area contributed by atoms with E-state index in [1.165, 1.54) is 17.4 Å². The van der Waals surface area contributed by atoms with Crippen molar-refractivity contribution in [2.75, 3.05) is 19.5 Å². The zero-order chi connectivity index (χ0) is 15.7. The highest BCUT2D eigenvalue weighted by atomic mass is 35.5. The van der Waals surface area contributed by atoms with Crippen LogP contribution >= 0.6 is 22.9 Å². The van der Waals surface area contributed by atoms with Gasteiger partial charge >= 0.3 is 0 Å². The second-order valence-electron chi connectivity index (χ2n) is 4.07. The number of amides is 1. The Morgan fingerprint density at radius 3 is 2.52 bits per heavy atom. The van der Waals surface area contributed by atoms with Crippen molar-refractivity contribution in [3.63, 3.8) is 0 Å². The first-order chi connectivity index (χ1) is 10.1. The summed E-state index contributed by atoms with van der Waals surface area (Å²) in [5, 5.41) is 3.19. The number of aldehydes is 1. The maximum atomic E-state index is 11.8. The van der Waals surface area contributed by atoms with Crippen molar-refractivity contribution in [2.45, 2.75) is 6.42 Å². The molecular formula is C15H16ClNO3S. The lowest BCUT2D eigenvalue weighted by atomic mass is 10.1. The van der Waals surface area contributed by atoms with Gasteiger partial charge in [0.25, 0.3) is 0 Å². The molecule has 21 heavy (non-hydrogen) atoms. The van der Waals surface area contributed by atoms with E-state index in [-0.39, 0.29) is 12.3 Å². The average molecular weight is 326 g/mol. The number of halogens is 1. The van der Waals surface area contributed by atoms with Crippen LogP contribution in [-0.2, 0) is 16.0 Å². The van der Waals surface area contributed by atoms with Crippen LogP contribution in [0.5, 0.6) is 0 Å². The zero-order valence-electron chi connectivity index (χ0n) is 11.8. The molecule has 0 aliphatic carbocycles. The van der Waals surface area contributed by atoms with Crippen molar-refractivity contribution in [2.24, 2.45) is 0 Å². The summed E-state index contributed by atoms with van der Waals surface area (Å²) in [6, 6.07) is 10.9. The van der Waals surface area contributed by atoms with Gasteiger partial charge in [-0.15, -0.1) is 11.3 Å². The third-order valence-corrected chi connectivity index (χ3v) is 3.51. The fraction of sp³-hybridized carbons (Fsp3) is 0.200. The van der Waals surface area contributed by atoms with Gasteiger partial charge in [0.2, 0.25) is 5.91 Å². The van der Waals surface area contributed by atoms with Crippen LogP contribution in [0.1, 0.15) is 15.9 Å². The lowest BCUT2D eigenvalue weighted by Gasteiger charge is -2.03. The SMILES string of the molecule is COC.O=Cc1cc(Cl)sc1NC(=O)Cc1ccccc1. The number of thiophene rings is 1. The fourth-order valence-electron chi connectivity index (χ4n) is 1.51. The maximum Gasteiger partial charge on any atom is 0.229 e. The minimum atomic E-state index is -0.164. The first-order valence-corrected chi connectivity index (χ1v) is 7.28. The standard InChI is InChI=1S/C13H10ClNO2S.C2H6O/c14-11-7-10(8-16)13(18-11)15-12(17)6-9-4-2-1-3-5-9;1-3-2/h1-5,7-8H,6H2,(H,15,17);1-2H3. The van der Waals surface area contributed by atoms with Crippen molar-refractivity contribution < 1.29 is 14.3 Å². The summed E-state index contributed by atoms with van der Waals surface area (Å²) < 4.78 is 4.73. The Morgan fingerprint density at radius 2 is 1.95 bits per heavy atom. The molecule has 1 N–H and O–H groups in total. The van der Waals surface area contributed by atoms with Gasteiger partial charge < -0.3 is 10.1 Å². The molecule has 0 atom stereocenters. The molecule has 1 aromatic heterocycles. The summed E-state index contributed by atoms with van der Waals surface area (Å²) in [5.74, 6) is -0.164. The largest absolute Gasteiger partial charge is 0.388 e. The molecule has 0 aliphatic heterocycles. The molecule has 0 fully saturated rings. The molecule has 1 aromatic carbocycles. The van der Waals surface area contributed by atoms with E-state index in [1.54, 1.807) is 14.2 Å². The van der Waals surface area contributed by atoms with Gasteiger partial charge in [0, 0.05) is 14.2 Å². The van der Waals surface area contributed by atoms with Gasteiger partial charge in [0.05, 0.1) is 16.3 Å². The number of nitrogens with one attached hydrogen (secondary N) is 1. The number of methoxy groups -OCH3 is 1. The molecule has 2 rings (SSSR count). The van der Waals surface area contributed by atoms with E-state index in [0.29, 0.717) is 21.2 Å². The third kappa shape index (κ3) is 6.08. The molecule has 0 aliphatic rings. The summed E-state index contributed by atoms with van der Waals surface area (Å²) in [6.45, 7) is 0. The summed E-state index contributed by atoms with van der Waals surface area (Å²) >= 11 is 6.98. The number of ether oxygens (including phenoxy) is 1. The highest BCUT2D eigenvalue weighted by Gasteiger charge is 2.11. The Kier molecular flexibility index (Phi) is 7.68. The second kappa shape index (κ2) is 9.28. The van der Waals surface area contributed by atoms with Crippen LogP contribution in [0.25, 0.3) is 0 Å². The van der Waals surface area contributed by atoms with Crippen molar-refractivity contribution in [3.05, 3.63) is 51.9 Å². The molecule has 1 amide bonds. The highest BCUT2D eigenvalue weighted by Crippen LogP contribution is 2.30. The minimum absolute atomic E-state index is 0.164. The Hall–Kier alpha value is -1.69. The fourth-order valence-corrected chi connectivity index (χ4v) is 2.63. The molecule has 112 valence electrons. The summed E-state index contributed by atoms with van der Waals surface area (Å²) in [7, 11) is 3.25. The van der Waals surface area contributed by atoms with Crippen molar-refractivity contribution in [1.29, 1.82) is 0 Å². The van der Waals surface area contributed by atoms with Gasteiger partial charge in [-0.25, -0.2) is 0 Å². The molecule has 4 nitrogen and oxygen atoms in total. The number of anilines is 1. The van der Waals surface area contributed by atoms with Gasteiger partial charge in [-0.2, -0.15) is 0 Å². The first-order valence-electron chi connectivity index (χ1n) is 6.09. The van der Waals surface area contributed by atoms with E-state index in [1.807, 2.05) is 30.3 Å². The number of hydrogen-bond acceptors (Lipinski definition) is 4.